The van der Waals surface area contributed by atoms with E-state index in [2.05, 4.69) is 29.6 Å². The van der Waals surface area contributed by atoms with Gasteiger partial charge in [-0.1, -0.05) is 73.9 Å². The van der Waals surface area contributed by atoms with Crippen molar-refractivity contribution >= 4 is 11.7 Å². The van der Waals surface area contributed by atoms with Gasteiger partial charge in [0.15, 0.2) is 0 Å². The molecule has 31 heavy (non-hydrogen) atoms. The first-order chi connectivity index (χ1) is 15.2. The first-order valence-electron chi connectivity index (χ1n) is 11.0. The molecule has 1 saturated carbocycles. The van der Waals surface area contributed by atoms with Crippen molar-refractivity contribution in [3.8, 4) is 0 Å². The maximum atomic E-state index is 14.5. The number of ether oxygens (including phenoxy) is 1. The lowest BCUT2D eigenvalue weighted by atomic mass is 9.84. The van der Waals surface area contributed by atoms with Crippen LogP contribution in [0, 0.1) is 5.82 Å². The van der Waals surface area contributed by atoms with Crippen LogP contribution < -0.4 is 5.32 Å². The summed E-state index contributed by atoms with van der Waals surface area (Å²) in [5.74, 6) is -0.555. The molecular weight excluding hydrogens is 389 g/mol. The highest BCUT2D eigenvalue weighted by atomic mass is 19.1. The second kappa shape index (κ2) is 10.3. The Morgan fingerprint density at radius 2 is 1.65 bits per heavy atom. The first-order valence-corrected chi connectivity index (χ1v) is 11.0. The molecule has 0 aliphatic heterocycles. The van der Waals surface area contributed by atoms with E-state index < -0.39 is 11.8 Å². The molecule has 1 N–H and O–H groups in total. The number of hydrogen-bond donors (Lipinski definition) is 1. The molecule has 0 atom stereocenters. The SMILES string of the molecule is O=C(OCc1ccccc1)c1ccc(NCc2ccc(C3CCCCC3)cc2)cc1F. The number of hydrogen-bond acceptors (Lipinski definition) is 3. The highest BCUT2D eigenvalue weighted by molar-refractivity contribution is 5.90. The number of carbonyl (C=O) groups is 1. The van der Waals surface area contributed by atoms with Gasteiger partial charge in [0, 0.05) is 12.2 Å². The lowest BCUT2D eigenvalue weighted by Gasteiger charge is -2.22. The Labute approximate surface area is 183 Å². The Morgan fingerprint density at radius 3 is 2.35 bits per heavy atom. The molecule has 0 bridgehead atoms. The summed E-state index contributed by atoms with van der Waals surface area (Å²) in [7, 11) is 0. The van der Waals surface area contributed by atoms with Crippen LogP contribution in [0.2, 0.25) is 0 Å². The standard InChI is InChI=1S/C27H28FNO2/c28-26-17-24(15-16-25(26)27(30)31-19-21-7-3-1-4-8-21)29-18-20-11-13-23(14-12-20)22-9-5-2-6-10-22/h1,3-4,7-8,11-17,22,29H,2,5-6,9-10,18-19H2. The van der Waals surface area contributed by atoms with Crippen LogP contribution >= 0.6 is 0 Å². The molecule has 1 fully saturated rings. The molecule has 0 amide bonds. The van der Waals surface area contributed by atoms with Gasteiger partial charge in [-0.15, -0.1) is 0 Å². The maximum Gasteiger partial charge on any atom is 0.341 e. The Morgan fingerprint density at radius 1 is 0.903 bits per heavy atom. The van der Waals surface area contributed by atoms with Gasteiger partial charge in [-0.2, -0.15) is 0 Å². The molecule has 4 heteroatoms. The van der Waals surface area contributed by atoms with Crippen molar-refractivity contribution in [1.82, 2.24) is 0 Å². The van der Waals surface area contributed by atoms with E-state index in [1.54, 1.807) is 6.07 Å². The average molecular weight is 418 g/mol. The molecular formula is C27H28FNO2. The van der Waals surface area contributed by atoms with E-state index in [0.29, 0.717) is 18.2 Å². The predicted molar refractivity (Wildman–Crippen MR) is 122 cm³/mol. The molecule has 0 unspecified atom stereocenters. The smallest absolute Gasteiger partial charge is 0.341 e. The average Bonchev–Trinajstić information content (AvgIpc) is 2.83. The van der Waals surface area contributed by atoms with Gasteiger partial charge < -0.3 is 10.1 Å². The zero-order valence-corrected chi connectivity index (χ0v) is 17.6. The summed E-state index contributed by atoms with van der Waals surface area (Å²) in [6.07, 6.45) is 6.59. The summed E-state index contributed by atoms with van der Waals surface area (Å²) < 4.78 is 19.7. The highest BCUT2D eigenvalue weighted by Crippen LogP contribution is 2.32. The van der Waals surface area contributed by atoms with Crippen molar-refractivity contribution in [2.24, 2.45) is 0 Å². The molecule has 0 radical (unpaired) electrons. The van der Waals surface area contributed by atoms with Crippen molar-refractivity contribution in [1.29, 1.82) is 0 Å². The third-order valence-corrected chi connectivity index (χ3v) is 5.95. The van der Waals surface area contributed by atoms with Gasteiger partial charge >= 0.3 is 5.97 Å². The van der Waals surface area contributed by atoms with Gasteiger partial charge in [0.25, 0.3) is 0 Å². The van der Waals surface area contributed by atoms with E-state index in [9.17, 15) is 9.18 Å². The third kappa shape index (κ3) is 5.72. The van der Waals surface area contributed by atoms with Crippen molar-refractivity contribution in [3.05, 3.63) is 101 Å². The summed E-state index contributed by atoms with van der Waals surface area (Å²) in [6, 6.07) is 22.6. The van der Waals surface area contributed by atoms with E-state index in [1.165, 1.54) is 49.8 Å². The fourth-order valence-corrected chi connectivity index (χ4v) is 4.14. The Hall–Kier alpha value is -3.14. The number of anilines is 1. The Balaban J connectivity index is 1.31. The van der Waals surface area contributed by atoms with Gasteiger partial charge in [-0.25, -0.2) is 9.18 Å². The van der Waals surface area contributed by atoms with Gasteiger partial charge in [-0.3, -0.25) is 0 Å². The molecule has 1 aliphatic rings. The zero-order valence-electron chi connectivity index (χ0n) is 17.6. The van der Waals surface area contributed by atoms with Crippen molar-refractivity contribution in [2.45, 2.75) is 51.2 Å². The van der Waals surface area contributed by atoms with Gasteiger partial charge in [0.05, 0.1) is 5.56 Å². The Bertz CT molecular complexity index is 996. The van der Waals surface area contributed by atoms with Crippen LogP contribution in [-0.4, -0.2) is 5.97 Å². The van der Waals surface area contributed by atoms with Crippen LogP contribution in [0.15, 0.2) is 72.8 Å². The quantitative estimate of drug-likeness (QED) is 0.428. The van der Waals surface area contributed by atoms with Gasteiger partial charge in [-0.05, 0) is 53.6 Å². The Kier molecular flexibility index (Phi) is 6.98. The number of carbonyl (C=O) groups excluding carboxylic acids is 1. The van der Waals surface area contributed by atoms with E-state index in [0.717, 1.165) is 11.1 Å². The maximum absolute atomic E-state index is 14.5. The van der Waals surface area contributed by atoms with Crippen molar-refractivity contribution in [3.63, 3.8) is 0 Å². The molecule has 160 valence electrons. The normalized spacial score (nSPS) is 14.2. The van der Waals surface area contributed by atoms with Crippen LogP contribution in [0.25, 0.3) is 0 Å². The molecule has 1 aliphatic carbocycles. The highest BCUT2D eigenvalue weighted by Gasteiger charge is 2.16. The number of nitrogens with one attached hydrogen (secondary N) is 1. The molecule has 3 nitrogen and oxygen atoms in total. The summed E-state index contributed by atoms with van der Waals surface area (Å²) in [5, 5.41) is 3.23. The third-order valence-electron chi connectivity index (χ3n) is 5.95. The molecule has 4 rings (SSSR count). The summed E-state index contributed by atoms with van der Waals surface area (Å²) >= 11 is 0. The van der Waals surface area contributed by atoms with Gasteiger partial charge in [0.1, 0.15) is 12.4 Å². The van der Waals surface area contributed by atoms with Crippen LogP contribution in [0.5, 0.6) is 0 Å². The minimum Gasteiger partial charge on any atom is -0.457 e. The van der Waals surface area contributed by atoms with Crippen LogP contribution in [0.4, 0.5) is 10.1 Å². The van der Waals surface area contributed by atoms with Crippen LogP contribution in [-0.2, 0) is 17.9 Å². The summed E-state index contributed by atoms with van der Waals surface area (Å²) in [4.78, 5) is 12.2. The van der Waals surface area contributed by atoms with Crippen LogP contribution in [0.1, 0.15) is 65.1 Å². The number of rotatable bonds is 7. The second-order valence-corrected chi connectivity index (χ2v) is 8.19. The number of esters is 1. The fourth-order valence-electron chi connectivity index (χ4n) is 4.14. The van der Waals surface area contributed by atoms with E-state index >= 15 is 0 Å². The monoisotopic (exact) mass is 417 g/mol. The topological polar surface area (TPSA) is 38.3 Å². The van der Waals surface area contributed by atoms with E-state index in [1.807, 2.05) is 30.3 Å². The lowest BCUT2D eigenvalue weighted by molar-refractivity contribution is 0.0467. The molecule has 3 aromatic rings. The largest absolute Gasteiger partial charge is 0.457 e. The van der Waals surface area contributed by atoms with E-state index in [-0.39, 0.29) is 12.2 Å². The van der Waals surface area contributed by atoms with Crippen molar-refractivity contribution in [2.75, 3.05) is 5.32 Å². The number of benzene rings is 3. The number of halogens is 1. The summed E-state index contributed by atoms with van der Waals surface area (Å²) in [6.45, 7) is 0.720. The molecule has 3 aromatic carbocycles. The molecule has 0 aromatic heterocycles. The van der Waals surface area contributed by atoms with E-state index in [4.69, 9.17) is 4.74 Å². The zero-order chi connectivity index (χ0) is 21.5. The second-order valence-electron chi connectivity index (χ2n) is 8.19. The summed E-state index contributed by atoms with van der Waals surface area (Å²) in [5.41, 5.74) is 4.01. The lowest BCUT2D eigenvalue weighted by Crippen LogP contribution is -2.08. The fraction of sp³-hybridized carbons (Fsp3) is 0.296. The molecule has 0 heterocycles. The molecule has 0 saturated heterocycles. The van der Waals surface area contributed by atoms with Crippen molar-refractivity contribution < 1.29 is 13.9 Å². The minimum atomic E-state index is -0.661. The van der Waals surface area contributed by atoms with Gasteiger partial charge in [0.2, 0.25) is 0 Å². The minimum absolute atomic E-state index is 0.0571. The predicted octanol–water partition coefficient (Wildman–Crippen LogP) is 6.84. The molecule has 0 spiro atoms. The van der Waals surface area contributed by atoms with Crippen LogP contribution in [0.3, 0.4) is 0 Å². The first kappa shape index (κ1) is 21.1.